The molecule has 0 bridgehead atoms. The highest BCUT2D eigenvalue weighted by molar-refractivity contribution is 14.0. The van der Waals surface area contributed by atoms with Crippen LogP contribution in [0.2, 0.25) is 0 Å². The molecule has 0 spiro atoms. The minimum Gasteiger partial charge on any atom is -0.381 e. The number of nitrogens with one attached hydrogen (secondary N) is 1. The number of guanidine groups is 1. The van der Waals surface area contributed by atoms with Crippen molar-refractivity contribution in [3.05, 3.63) is 0 Å². The van der Waals surface area contributed by atoms with Gasteiger partial charge in [0.15, 0.2) is 5.96 Å². The average Bonchev–Trinajstić information content (AvgIpc) is 2.36. The smallest absolute Gasteiger partial charge is 0.193 e. The number of halogens is 1. The van der Waals surface area contributed by atoms with E-state index >= 15 is 0 Å². The first-order valence-electron chi connectivity index (χ1n) is 7.62. The van der Waals surface area contributed by atoms with E-state index < -0.39 is 0 Å². The molecule has 6 heteroatoms. The zero-order valence-electron chi connectivity index (χ0n) is 14.1. The van der Waals surface area contributed by atoms with Crippen LogP contribution < -0.4 is 5.32 Å². The maximum absolute atomic E-state index is 5.59. The van der Waals surface area contributed by atoms with Crippen molar-refractivity contribution in [2.24, 2.45) is 10.9 Å². The van der Waals surface area contributed by atoms with E-state index in [4.69, 9.17) is 4.74 Å². The standard InChI is InChI=1S/C15H31N3OS.HI/c1-13(2)11-19-9-6-7-17-14(16-5)18-8-10-20-15(3,4)12-18;/h13H,6-12H2,1-5H3,(H,16,17);1H. The molecular formula is C15H32IN3OS. The molecule has 1 aliphatic rings. The van der Waals surface area contributed by atoms with Crippen LogP contribution in [0.25, 0.3) is 0 Å². The summed E-state index contributed by atoms with van der Waals surface area (Å²) in [6.45, 7) is 13.7. The topological polar surface area (TPSA) is 36.9 Å². The van der Waals surface area contributed by atoms with E-state index in [2.05, 4.69) is 42.9 Å². The lowest BCUT2D eigenvalue weighted by Gasteiger charge is -2.39. The number of aliphatic imine (C=N–C) groups is 1. The molecular weight excluding hydrogens is 397 g/mol. The van der Waals surface area contributed by atoms with Crippen molar-refractivity contribution < 1.29 is 4.74 Å². The molecule has 21 heavy (non-hydrogen) atoms. The van der Waals surface area contributed by atoms with Crippen LogP contribution in [-0.2, 0) is 4.74 Å². The third-order valence-corrected chi connectivity index (χ3v) is 4.43. The van der Waals surface area contributed by atoms with Gasteiger partial charge in [-0.05, 0) is 26.2 Å². The highest BCUT2D eigenvalue weighted by atomic mass is 127. The molecule has 0 saturated carbocycles. The first kappa shape index (κ1) is 21.3. The summed E-state index contributed by atoms with van der Waals surface area (Å²) in [5.41, 5.74) is 0. The van der Waals surface area contributed by atoms with Gasteiger partial charge in [0, 0.05) is 50.4 Å². The Kier molecular flexibility index (Phi) is 11.1. The van der Waals surface area contributed by atoms with Gasteiger partial charge in [-0.15, -0.1) is 24.0 Å². The molecule has 1 saturated heterocycles. The molecule has 1 rings (SSSR count). The van der Waals surface area contributed by atoms with Gasteiger partial charge in [0.25, 0.3) is 0 Å². The lowest BCUT2D eigenvalue weighted by atomic mass is 10.2. The number of ether oxygens (including phenoxy) is 1. The molecule has 0 amide bonds. The highest BCUT2D eigenvalue weighted by Gasteiger charge is 2.28. The monoisotopic (exact) mass is 429 g/mol. The third kappa shape index (κ3) is 9.13. The van der Waals surface area contributed by atoms with Gasteiger partial charge in [0.1, 0.15) is 0 Å². The Morgan fingerprint density at radius 2 is 2.14 bits per heavy atom. The third-order valence-electron chi connectivity index (χ3n) is 3.14. The SMILES string of the molecule is CN=C(NCCCOCC(C)C)N1CCSC(C)(C)C1.I. The normalized spacial score (nSPS) is 18.6. The quantitative estimate of drug-likeness (QED) is 0.305. The number of thioether (sulfide) groups is 1. The van der Waals surface area contributed by atoms with Crippen LogP contribution in [-0.4, -0.2) is 61.3 Å². The minimum atomic E-state index is 0. The zero-order chi connectivity index (χ0) is 15.0. The first-order chi connectivity index (χ1) is 9.44. The second-order valence-corrected chi connectivity index (χ2v) is 8.13. The number of hydrogen-bond donors (Lipinski definition) is 1. The van der Waals surface area contributed by atoms with Crippen LogP contribution in [0, 0.1) is 5.92 Å². The fraction of sp³-hybridized carbons (Fsp3) is 0.933. The van der Waals surface area contributed by atoms with Crippen molar-refractivity contribution in [3.8, 4) is 0 Å². The largest absolute Gasteiger partial charge is 0.381 e. The van der Waals surface area contributed by atoms with Crippen LogP contribution in [0.15, 0.2) is 4.99 Å². The van der Waals surface area contributed by atoms with Crippen molar-refractivity contribution in [1.29, 1.82) is 0 Å². The van der Waals surface area contributed by atoms with E-state index in [9.17, 15) is 0 Å². The molecule has 0 atom stereocenters. The van der Waals surface area contributed by atoms with E-state index in [0.29, 0.717) is 10.7 Å². The number of hydrogen-bond acceptors (Lipinski definition) is 3. The molecule has 126 valence electrons. The van der Waals surface area contributed by atoms with Crippen LogP contribution in [0.1, 0.15) is 34.1 Å². The molecule has 1 N–H and O–H groups in total. The summed E-state index contributed by atoms with van der Waals surface area (Å²) in [7, 11) is 1.87. The van der Waals surface area contributed by atoms with Crippen LogP contribution in [0.5, 0.6) is 0 Å². The second kappa shape index (κ2) is 10.9. The molecule has 4 nitrogen and oxygen atoms in total. The summed E-state index contributed by atoms with van der Waals surface area (Å²) in [5, 5.41) is 3.45. The fourth-order valence-corrected chi connectivity index (χ4v) is 3.33. The van der Waals surface area contributed by atoms with Crippen molar-refractivity contribution in [2.75, 3.05) is 45.6 Å². The van der Waals surface area contributed by atoms with Gasteiger partial charge >= 0.3 is 0 Å². The zero-order valence-corrected chi connectivity index (χ0v) is 17.3. The molecule has 0 aromatic carbocycles. The molecule has 0 aromatic heterocycles. The van der Waals surface area contributed by atoms with Gasteiger partial charge in [0.05, 0.1) is 0 Å². The van der Waals surface area contributed by atoms with Crippen LogP contribution in [0.3, 0.4) is 0 Å². The predicted octanol–water partition coefficient (Wildman–Crippen LogP) is 3.07. The molecule has 0 unspecified atom stereocenters. The van der Waals surface area contributed by atoms with Crippen molar-refractivity contribution in [1.82, 2.24) is 10.2 Å². The summed E-state index contributed by atoms with van der Waals surface area (Å²) >= 11 is 2.05. The van der Waals surface area contributed by atoms with Gasteiger partial charge in [-0.2, -0.15) is 11.8 Å². The predicted molar refractivity (Wildman–Crippen MR) is 105 cm³/mol. The maximum Gasteiger partial charge on any atom is 0.193 e. The summed E-state index contributed by atoms with van der Waals surface area (Å²) in [4.78, 5) is 6.77. The van der Waals surface area contributed by atoms with Gasteiger partial charge in [-0.25, -0.2) is 0 Å². The Bertz CT molecular complexity index is 311. The Balaban J connectivity index is 0.00000400. The van der Waals surface area contributed by atoms with Crippen molar-refractivity contribution in [3.63, 3.8) is 0 Å². The summed E-state index contributed by atoms with van der Waals surface area (Å²) < 4.78 is 5.91. The summed E-state index contributed by atoms with van der Waals surface area (Å²) in [6, 6.07) is 0. The van der Waals surface area contributed by atoms with E-state index in [0.717, 1.165) is 45.2 Å². The van der Waals surface area contributed by atoms with Gasteiger partial charge < -0.3 is 15.0 Å². The lowest BCUT2D eigenvalue weighted by molar-refractivity contribution is 0.108. The number of nitrogens with zero attached hydrogens (tertiary/aromatic N) is 2. The molecule has 0 aromatic rings. The van der Waals surface area contributed by atoms with Gasteiger partial charge in [0.2, 0.25) is 0 Å². The fourth-order valence-electron chi connectivity index (χ4n) is 2.22. The molecule has 1 heterocycles. The molecule has 1 fully saturated rings. The van der Waals surface area contributed by atoms with Gasteiger partial charge in [-0.1, -0.05) is 13.8 Å². The van der Waals surface area contributed by atoms with E-state index in [1.165, 1.54) is 5.75 Å². The summed E-state index contributed by atoms with van der Waals surface area (Å²) in [6.07, 6.45) is 1.03. The molecule has 0 aliphatic carbocycles. The maximum atomic E-state index is 5.59. The summed E-state index contributed by atoms with van der Waals surface area (Å²) in [5.74, 6) is 2.82. The molecule has 0 radical (unpaired) electrons. The van der Waals surface area contributed by atoms with Gasteiger partial charge in [-0.3, -0.25) is 4.99 Å². The Morgan fingerprint density at radius 3 is 2.71 bits per heavy atom. The Hall–Kier alpha value is 0.310. The van der Waals surface area contributed by atoms with E-state index in [-0.39, 0.29) is 24.0 Å². The van der Waals surface area contributed by atoms with Crippen molar-refractivity contribution in [2.45, 2.75) is 38.9 Å². The Morgan fingerprint density at radius 1 is 1.43 bits per heavy atom. The average molecular weight is 429 g/mol. The van der Waals surface area contributed by atoms with Crippen LogP contribution >= 0.6 is 35.7 Å². The van der Waals surface area contributed by atoms with E-state index in [1.54, 1.807) is 0 Å². The lowest BCUT2D eigenvalue weighted by Crippen LogP contribution is -2.51. The number of rotatable bonds is 6. The first-order valence-corrected chi connectivity index (χ1v) is 8.60. The molecule has 1 aliphatic heterocycles. The van der Waals surface area contributed by atoms with Crippen molar-refractivity contribution >= 4 is 41.7 Å². The van der Waals surface area contributed by atoms with E-state index in [1.807, 2.05) is 18.8 Å². The minimum absolute atomic E-state index is 0. The Labute approximate surface area is 151 Å². The second-order valence-electron chi connectivity index (χ2n) is 6.33. The van der Waals surface area contributed by atoms with Crippen LogP contribution in [0.4, 0.5) is 0 Å². The highest BCUT2D eigenvalue weighted by Crippen LogP contribution is 2.29.